The van der Waals surface area contributed by atoms with Crippen LogP contribution in [0.4, 0.5) is 0 Å². The summed E-state index contributed by atoms with van der Waals surface area (Å²) < 4.78 is 21.0. The maximum Gasteiger partial charge on any atom is 0.287 e. The standard InChI is InChI=1S/C21H25N3O7/c1-28-16-10-14(11-17(29-2)20(16)30-3)12-18(25)23-7-5-8-24(23)19(26)13-22-21(27)15-6-4-9-31-15/h4,6,9-11H,5,7-8,12-13H2,1-3H3,(H,22,27). The highest BCUT2D eigenvalue weighted by molar-refractivity contribution is 5.94. The van der Waals surface area contributed by atoms with E-state index in [4.69, 9.17) is 18.6 Å². The van der Waals surface area contributed by atoms with Crippen LogP contribution in [0.1, 0.15) is 22.5 Å². The predicted molar refractivity (Wildman–Crippen MR) is 109 cm³/mol. The highest BCUT2D eigenvalue weighted by atomic mass is 16.5. The molecule has 0 aliphatic carbocycles. The fraction of sp³-hybridized carbons (Fsp3) is 0.381. The number of nitrogens with one attached hydrogen (secondary N) is 1. The lowest BCUT2D eigenvalue weighted by Gasteiger charge is -2.28. The molecule has 1 aliphatic rings. The summed E-state index contributed by atoms with van der Waals surface area (Å²) in [5.41, 5.74) is 0.657. The number of nitrogens with zero attached hydrogens (tertiary/aromatic N) is 2. The molecule has 1 fully saturated rings. The molecule has 31 heavy (non-hydrogen) atoms. The third-order valence-corrected chi connectivity index (χ3v) is 4.83. The minimum absolute atomic E-state index is 0.0409. The molecule has 166 valence electrons. The normalized spacial score (nSPS) is 13.1. The van der Waals surface area contributed by atoms with E-state index in [0.717, 1.165) is 0 Å². The first-order valence-corrected chi connectivity index (χ1v) is 9.69. The number of rotatable bonds is 8. The smallest absolute Gasteiger partial charge is 0.287 e. The monoisotopic (exact) mass is 431 g/mol. The Morgan fingerprint density at radius 3 is 2.19 bits per heavy atom. The van der Waals surface area contributed by atoms with Gasteiger partial charge in [0, 0.05) is 13.1 Å². The average Bonchev–Trinajstić information content (AvgIpc) is 3.48. The second-order valence-corrected chi connectivity index (χ2v) is 6.76. The number of carbonyl (C=O) groups is 3. The number of benzene rings is 1. The Kier molecular flexibility index (Phi) is 7.01. The van der Waals surface area contributed by atoms with Gasteiger partial charge >= 0.3 is 0 Å². The van der Waals surface area contributed by atoms with Crippen molar-refractivity contribution in [2.24, 2.45) is 0 Å². The fourth-order valence-electron chi connectivity index (χ4n) is 3.38. The van der Waals surface area contributed by atoms with Gasteiger partial charge in [-0.25, -0.2) is 5.01 Å². The molecular formula is C21H25N3O7. The maximum atomic E-state index is 12.9. The molecule has 10 nitrogen and oxygen atoms in total. The Bertz CT molecular complexity index is 917. The molecule has 0 unspecified atom stereocenters. The molecule has 1 aromatic heterocycles. The zero-order valence-corrected chi connectivity index (χ0v) is 17.7. The largest absolute Gasteiger partial charge is 0.493 e. The van der Waals surface area contributed by atoms with Crippen molar-refractivity contribution in [1.29, 1.82) is 0 Å². The van der Waals surface area contributed by atoms with Crippen LogP contribution in [0.2, 0.25) is 0 Å². The molecule has 2 heterocycles. The molecule has 1 N–H and O–H groups in total. The van der Waals surface area contributed by atoms with Gasteiger partial charge in [-0.15, -0.1) is 0 Å². The maximum absolute atomic E-state index is 12.9. The Labute approximate surface area is 179 Å². The quantitative estimate of drug-likeness (QED) is 0.670. The molecule has 1 saturated heterocycles. The van der Waals surface area contributed by atoms with Gasteiger partial charge in [0.2, 0.25) is 11.7 Å². The van der Waals surface area contributed by atoms with Crippen molar-refractivity contribution < 1.29 is 33.0 Å². The van der Waals surface area contributed by atoms with Gasteiger partial charge in [-0.3, -0.25) is 19.4 Å². The third-order valence-electron chi connectivity index (χ3n) is 4.83. The van der Waals surface area contributed by atoms with Crippen LogP contribution in [-0.2, 0) is 16.0 Å². The van der Waals surface area contributed by atoms with Gasteiger partial charge in [-0.05, 0) is 36.2 Å². The van der Waals surface area contributed by atoms with Gasteiger partial charge in [0.1, 0.15) is 0 Å². The van der Waals surface area contributed by atoms with E-state index in [1.54, 1.807) is 18.2 Å². The van der Waals surface area contributed by atoms with E-state index in [9.17, 15) is 14.4 Å². The summed E-state index contributed by atoms with van der Waals surface area (Å²) in [6, 6.07) is 6.49. The Morgan fingerprint density at radius 1 is 1.00 bits per heavy atom. The first-order chi connectivity index (χ1) is 15.0. The number of hydrogen-bond donors (Lipinski definition) is 1. The topological polar surface area (TPSA) is 111 Å². The third kappa shape index (κ3) is 4.90. The Balaban J connectivity index is 1.65. The molecule has 2 aromatic rings. The molecule has 0 saturated carbocycles. The summed E-state index contributed by atoms with van der Waals surface area (Å²) in [5, 5.41) is 5.28. The van der Waals surface area contributed by atoms with Crippen molar-refractivity contribution in [3.63, 3.8) is 0 Å². The molecule has 3 amide bonds. The lowest BCUT2D eigenvalue weighted by atomic mass is 10.1. The van der Waals surface area contributed by atoms with Crippen molar-refractivity contribution in [3.05, 3.63) is 41.9 Å². The highest BCUT2D eigenvalue weighted by Crippen LogP contribution is 2.38. The van der Waals surface area contributed by atoms with Crippen molar-refractivity contribution in [2.75, 3.05) is 41.0 Å². The molecule has 0 bridgehead atoms. The van der Waals surface area contributed by atoms with Crippen LogP contribution in [0, 0.1) is 0 Å². The van der Waals surface area contributed by atoms with Crippen LogP contribution in [0.5, 0.6) is 17.2 Å². The van der Waals surface area contributed by atoms with Crippen LogP contribution in [-0.4, -0.2) is 68.7 Å². The fourth-order valence-corrected chi connectivity index (χ4v) is 3.38. The minimum atomic E-state index is -0.493. The zero-order chi connectivity index (χ0) is 22.4. The van der Waals surface area contributed by atoms with E-state index in [1.807, 2.05) is 0 Å². The number of ether oxygens (including phenoxy) is 3. The molecular weight excluding hydrogens is 406 g/mol. The summed E-state index contributed by atoms with van der Waals surface area (Å²) in [7, 11) is 4.51. The lowest BCUT2D eigenvalue weighted by Crippen LogP contribution is -2.49. The molecule has 10 heteroatoms. The average molecular weight is 431 g/mol. The van der Waals surface area contributed by atoms with Crippen LogP contribution in [0.15, 0.2) is 34.9 Å². The molecule has 0 atom stereocenters. The number of hydrogen-bond acceptors (Lipinski definition) is 7. The van der Waals surface area contributed by atoms with E-state index in [-0.39, 0.29) is 30.5 Å². The summed E-state index contributed by atoms with van der Waals surface area (Å²) >= 11 is 0. The number of carbonyl (C=O) groups excluding carboxylic acids is 3. The van der Waals surface area contributed by atoms with Gasteiger partial charge in [-0.1, -0.05) is 0 Å². The number of methoxy groups -OCH3 is 3. The number of hydrazine groups is 1. The first-order valence-electron chi connectivity index (χ1n) is 9.69. The van der Waals surface area contributed by atoms with Crippen LogP contribution in [0.25, 0.3) is 0 Å². The van der Waals surface area contributed by atoms with E-state index >= 15 is 0 Å². The van der Waals surface area contributed by atoms with Crippen molar-refractivity contribution in [3.8, 4) is 17.2 Å². The minimum Gasteiger partial charge on any atom is -0.493 e. The van der Waals surface area contributed by atoms with E-state index in [2.05, 4.69) is 5.32 Å². The Hall–Kier alpha value is -3.69. The molecule has 1 aromatic carbocycles. The zero-order valence-electron chi connectivity index (χ0n) is 17.7. The van der Waals surface area contributed by atoms with E-state index in [1.165, 1.54) is 43.7 Å². The van der Waals surface area contributed by atoms with E-state index in [0.29, 0.717) is 42.3 Å². The van der Waals surface area contributed by atoms with Crippen molar-refractivity contribution >= 4 is 17.7 Å². The number of amides is 3. The second-order valence-electron chi connectivity index (χ2n) is 6.76. The lowest BCUT2D eigenvalue weighted by molar-refractivity contribution is -0.156. The summed E-state index contributed by atoms with van der Waals surface area (Å²) in [6.45, 7) is 0.574. The number of furan rings is 1. The second kappa shape index (κ2) is 9.88. The van der Waals surface area contributed by atoms with Gasteiger partial charge in [-0.2, -0.15) is 0 Å². The van der Waals surface area contributed by atoms with Gasteiger partial charge in [0.05, 0.1) is 40.6 Å². The summed E-state index contributed by atoms with van der Waals surface area (Å²) in [4.78, 5) is 37.5. The van der Waals surface area contributed by atoms with Gasteiger partial charge < -0.3 is 23.9 Å². The van der Waals surface area contributed by atoms with Crippen LogP contribution >= 0.6 is 0 Å². The Morgan fingerprint density at radius 2 is 1.65 bits per heavy atom. The molecule has 0 spiro atoms. The highest BCUT2D eigenvalue weighted by Gasteiger charge is 2.31. The van der Waals surface area contributed by atoms with Crippen molar-refractivity contribution in [1.82, 2.24) is 15.3 Å². The van der Waals surface area contributed by atoms with Crippen LogP contribution < -0.4 is 19.5 Å². The predicted octanol–water partition coefficient (Wildman–Crippen LogP) is 1.25. The molecule has 3 rings (SSSR count). The van der Waals surface area contributed by atoms with Crippen molar-refractivity contribution in [2.45, 2.75) is 12.8 Å². The summed E-state index contributed by atoms with van der Waals surface area (Å²) in [5.74, 6) is 0.316. The molecule has 0 radical (unpaired) electrons. The van der Waals surface area contributed by atoms with Gasteiger partial charge in [0.25, 0.3) is 11.8 Å². The van der Waals surface area contributed by atoms with Gasteiger partial charge in [0.15, 0.2) is 17.3 Å². The SMILES string of the molecule is COc1cc(CC(=O)N2CCCN2C(=O)CNC(=O)c2ccco2)cc(OC)c1OC. The first kappa shape index (κ1) is 22.0. The molecule has 1 aliphatic heterocycles. The van der Waals surface area contributed by atoms with E-state index < -0.39 is 5.91 Å². The summed E-state index contributed by atoms with van der Waals surface area (Å²) in [6.07, 6.45) is 2.07. The van der Waals surface area contributed by atoms with Crippen LogP contribution in [0.3, 0.4) is 0 Å².